The van der Waals surface area contributed by atoms with Crippen molar-refractivity contribution in [3.05, 3.63) is 29.3 Å². The molecule has 0 spiro atoms. The summed E-state index contributed by atoms with van der Waals surface area (Å²) in [5, 5.41) is 9.88. The molecular weight excluding hydrogens is 280 g/mol. The standard InChI is InChI=1S/C15H21ClO4/c1-14(2,3)15(19-9-13(8-17)20-15)10-18-12-6-4-11(16)5-7-12/h4-7,13,17H,8-10H2,1-3H3. The number of hydrogen-bond donors (Lipinski definition) is 1. The van der Waals surface area contributed by atoms with E-state index < -0.39 is 5.79 Å². The van der Waals surface area contributed by atoms with Gasteiger partial charge in [-0.15, -0.1) is 0 Å². The molecule has 0 radical (unpaired) electrons. The third-order valence-corrected chi connectivity index (χ3v) is 3.70. The Hall–Kier alpha value is -0.810. The van der Waals surface area contributed by atoms with Crippen LogP contribution in [0.1, 0.15) is 20.8 Å². The van der Waals surface area contributed by atoms with Crippen molar-refractivity contribution in [1.29, 1.82) is 0 Å². The molecule has 0 aromatic heterocycles. The van der Waals surface area contributed by atoms with E-state index >= 15 is 0 Å². The summed E-state index contributed by atoms with van der Waals surface area (Å²) in [7, 11) is 0. The number of rotatable bonds is 4. The maximum atomic E-state index is 9.22. The zero-order valence-electron chi connectivity index (χ0n) is 12.1. The predicted octanol–water partition coefficient (Wildman–Crippen LogP) is 2.87. The van der Waals surface area contributed by atoms with Gasteiger partial charge in [0.15, 0.2) is 0 Å². The van der Waals surface area contributed by atoms with Crippen LogP contribution in [-0.4, -0.2) is 36.8 Å². The maximum Gasteiger partial charge on any atom is 0.208 e. The Labute approximate surface area is 124 Å². The summed E-state index contributed by atoms with van der Waals surface area (Å²) >= 11 is 5.84. The van der Waals surface area contributed by atoms with Gasteiger partial charge >= 0.3 is 0 Å². The molecule has 2 unspecified atom stereocenters. The SMILES string of the molecule is CC(C)(C)C1(COc2ccc(Cl)cc2)OCC(CO)O1. The first-order valence-electron chi connectivity index (χ1n) is 6.67. The van der Waals surface area contributed by atoms with Crippen LogP contribution in [0.3, 0.4) is 0 Å². The van der Waals surface area contributed by atoms with Gasteiger partial charge < -0.3 is 19.3 Å². The Kier molecular flexibility index (Phi) is 4.59. The zero-order valence-corrected chi connectivity index (χ0v) is 12.8. The van der Waals surface area contributed by atoms with Crippen molar-refractivity contribution in [2.24, 2.45) is 5.41 Å². The fourth-order valence-electron chi connectivity index (χ4n) is 2.05. The van der Waals surface area contributed by atoms with E-state index in [1.165, 1.54) is 0 Å². The lowest BCUT2D eigenvalue weighted by Crippen LogP contribution is -2.49. The quantitative estimate of drug-likeness (QED) is 0.929. The van der Waals surface area contributed by atoms with Crippen molar-refractivity contribution < 1.29 is 19.3 Å². The molecule has 0 bridgehead atoms. The number of benzene rings is 1. The van der Waals surface area contributed by atoms with Gasteiger partial charge in [-0.3, -0.25) is 0 Å². The lowest BCUT2D eigenvalue weighted by Gasteiger charge is -2.39. The highest BCUT2D eigenvalue weighted by Gasteiger charge is 2.51. The molecule has 1 saturated heterocycles. The molecule has 2 rings (SSSR count). The fourth-order valence-corrected chi connectivity index (χ4v) is 2.18. The Bertz CT molecular complexity index is 440. The van der Waals surface area contributed by atoms with E-state index in [2.05, 4.69) is 0 Å². The monoisotopic (exact) mass is 300 g/mol. The lowest BCUT2D eigenvalue weighted by atomic mass is 9.86. The lowest BCUT2D eigenvalue weighted by molar-refractivity contribution is -0.247. The highest BCUT2D eigenvalue weighted by molar-refractivity contribution is 6.30. The summed E-state index contributed by atoms with van der Waals surface area (Å²) in [6.07, 6.45) is -0.303. The average molecular weight is 301 g/mol. The molecule has 1 N–H and O–H groups in total. The van der Waals surface area contributed by atoms with E-state index in [4.69, 9.17) is 25.8 Å². The molecule has 0 saturated carbocycles. The first-order chi connectivity index (χ1) is 9.36. The number of hydrogen-bond acceptors (Lipinski definition) is 4. The Morgan fingerprint density at radius 3 is 2.50 bits per heavy atom. The second-order valence-corrected chi connectivity index (χ2v) is 6.42. The van der Waals surface area contributed by atoms with E-state index in [-0.39, 0.29) is 24.7 Å². The first-order valence-corrected chi connectivity index (χ1v) is 7.05. The number of aliphatic hydroxyl groups is 1. The van der Waals surface area contributed by atoms with Gasteiger partial charge in [0.25, 0.3) is 0 Å². The van der Waals surface area contributed by atoms with Crippen LogP contribution >= 0.6 is 11.6 Å². The minimum Gasteiger partial charge on any atom is -0.488 e. The molecule has 5 heteroatoms. The molecule has 1 fully saturated rings. The Balaban J connectivity index is 2.08. The smallest absolute Gasteiger partial charge is 0.208 e. The van der Waals surface area contributed by atoms with Gasteiger partial charge in [-0.1, -0.05) is 32.4 Å². The van der Waals surface area contributed by atoms with E-state index in [0.29, 0.717) is 17.4 Å². The highest BCUT2D eigenvalue weighted by atomic mass is 35.5. The van der Waals surface area contributed by atoms with Crippen molar-refractivity contribution in [1.82, 2.24) is 0 Å². The van der Waals surface area contributed by atoms with Crippen LogP contribution in [0.2, 0.25) is 5.02 Å². The van der Waals surface area contributed by atoms with Crippen LogP contribution < -0.4 is 4.74 Å². The second kappa shape index (κ2) is 5.90. The zero-order chi connectivity index (χ0) is 14.8. The Morgan fingerprint density at radius 2 is 2.00 bits per heavy atom. The summed E-state index contributed by atoms with van der Waals surface area (Å²) in [5.74, 6) is -0.155. The number of ether oxygens (including phenoxy) is 3. The number of aliphatic hydroxyl groups excluding tert-OH is 1. The summed E-state index contributed by atoms with van der Waals surface area (Å²) in [5.41, 5.74) is -0.274. The van der Waals surface area contributed by atoms with Crippen LogP contribution in [-0.2, 0) is 9.47 Å². The van der Waals surface area contributed by atoms with Gasteiger partial charge in [0.1, 0.15) is 18.5 Å². The van der Waals surface area contributed by atoms with Crippen molar-refractivity contribution >= 4 is 11.6 Å². The summed E-state index contributed by atoms with van der Waals surface area (Å²) in [6.45, 7) is 6.65. The van der Waals surface area contributed by atoms with E-state index in [0.717, 1.165) is 0 Å². The van der Waals surface area contributed by atoms with Crippen molar-refractivity contribution in [2.45, 2.75) is 32.7 Å². The molecule has 4 nitrogen and oxygen atoms in total. The maximum absolute atomic E-state index is 9.22. The van der Waals surface area contributed by atoms with E-state index in [1.807, 2.05) is 20.8 Å². The van der Waals surface area contributed by atoms with Crippen molar-refractivity contribution in [3.63, 3.8) is 0 Å². The summed E-state index contributed by atoms with van der Waals surface area (Å²) in [6, 6.07) is 7.15. The molecule has 1 heterocycles. The van der Waals surface area contributed by atoms with E-state index in [1.54, 1.807) is 24.3 Å². The predicted molar refractivity (Wildman–Crippen MR) is 77.0 cm³/mol. The summed E-state index contributed by atoms with van der Waals surface area (Å²) in [4.78, 5) is 0. The molecule has 2 atom stereocenters. The van der Waals surface area contributed by atoms with Crippen molar-refractivity contribution in [2.75, 3.05) is 19.8 Å². The minimum absolute atomic E-state index is 0.0568. The van der Waals surface area contributed by atoms with E-state index in [9.17, 15) is 5.11 Å². The van der Waals surface area contributed by atoms with Crippen LogP contribution in [0.15, 0.2) is 24.3 Å². The molecular formula is C15H21ClO4. The van der Waals surface area contributed by atoms with Gasteiger partial charge in [-0.2, -0.15) is 0 Å². The third-order valence-electron chi connectivity index (χ3n) is 3.45. The Morgan fingerprint density at radius 1 is 1.35 bits per heavy atom. The molecule has 20 heavy (non-hydrogen) atoms. The second-order valence-electron chi connectivity index (χ2n) is 5.98. The van der Waals surface area contributed by atoms with Gasteiger partial charge in [-0.25, -0.2) is 0 Å². The first kappa shape index (κ1) is 15.6. The van der Waals surface area contributed by atoms with Gasteiger partial charge in [0, 0.05) is 10.4 Å². The van der Waals surface area contributed by atoms with Gasteiger partial charge in [-0.05, 0) is 24.3 Å². The van der Waals surface area contributed by atoms with Crippen LogP contribution in [0.4, 0.5) is 0 Å². The van der Waals surface area contributed by atoms with Crippen LogP contribution in [0.25, 0.3) is 0 Å². The number of halogens is 1. The van der Waals surface area contributed by atoms with Gasteiger partial charge in [0.05, 0.1) is 13.2 Å². The molecule has 0 aliphatic carbocycles. The third kappa shape index (κ3) is 3.26. The molecule has 1 aliphatic heterocycles. The van der Waals surface area contributed by atoms with Crippen molar-refractivity contribution in [3.8, 4) is 5.75 Å². The molecule has 1 aromatic carbocycles. The topological polar surface area (TPSA) is 47.9 Å². The van der Waals surface area contributed by atoms with Crippen LogP contribution in [0, 0.1) is 5.41 Å². The molecule has 0 amide bonds. The minimum atomic E-state index is -0.861. The normalized spacial score (nSPS) is 26.8. The van der Waals surface area contributed by atoms with Gasteiger partial charge in [0.2, 0.25) is 5.79 Å². The molecule has 112 valence electrons. The molecule has 1 aromatic rings. The fraction of sp³-hybridized carbons (Fsp3) is 0.600. The highest BCUT2D eigenvalue weighted by Crippen LogP contribution is 2.40. The van der Waals surface area contributed by atoms with Crippen LogP contribution in [0.5, 0.6) is 5.75 Å². The molecule has 1 aliphatic rings. The largest absolute Gasteiger partial charge is 0.488 e. The summed E-state index contributed by atoms with van der Waals surface area (Å²) < 4.78 is 17.5. The average Bonchev–Trinajstić information content (AvgIpc) is 2.83.